The fourth-order valence-electron chi connectivity index (χ4n) is 1.55. The molecule has 1 aromatic heterocycles. The third-order valence-corrected chi connectivity index (χ3v) is 3.56. The second-order valence-corrected chi connectivity index (χ2v) is 4.85. The second-order valence-electron chi connectivity index (χ2n) is 3.84. The number of primary amides is 1. The summed E-state index contributed by atoms with van der Waals surface area (Å²) in [7, 11) is 0. The van der Waals surface area contributed by atoms with E-state index in [-0.39, 0.29) is 0 Å². The van der Waals surface area contributed by atoms with Crippen LogP contribution in [0.3, 0.4) is 0 Å². The zero-order valence-corrected chi connectivity index (χ0v) is 11.1. The third kappa shape index (κ3) is 2.63. The molecule has 19 heavy (non-hydrogen) atoms. The van der Waals surface area contributed by atoms with Crippen molar-refractivity contribution in [2.24, 2.45) is 5.73 Å². The summed E-state index contributed by atoms with van der Waals surface area (Å²) >= 11 is 1.22. The van der Waals surface area contributed by atoms with Crippen molar-refractivity contribution in [2.75, 3.05) is 11.6 Å². The van der Waals surface area contributed by atoms with Gasteiger partial charge in [0.25, 0.3) is 0 Å². The number of aromatic nitrogens is 3. The van der Waals surface area contributed by atoms with Gasteiger partial charge in [0.2, 0.25) is 11.1 Å². The van der Waals surface area contributed by atoms with Crippen LogP contribution in [-0.2, 0) is 6.42 Å². The molecule has 1 amide bonds. The SMILES string of the molecule is CCc1nnc(Sc2ccc(N)cc2C(N)=O)n1N. The lowest BCUT2D eigenvalue weighted by atomic mass is 10.2. The number of benzene rings is 1. The minimum absolute atomic E-state index is 0.339. The first-order valence-electron chi connectivity index (χ1n) is 5.59. The zero-order valence-electron chi connectivity index (χ0n) is 10.3. The Morgan fingerprint density at radius 2 is 2.16 bits per heavy atom. The van der Waals surface area contributed by atoms with Crippen molar-refractivity contribution >= 4 is 23.4 Å². The van der Waals surface area contributed by atoms with Gasteiger partial charge in [-0.15, -0.1) is 10.2 Å². The molecule has 0 aliphatic carbocycles. The quantitative estimate of drug-likeness (QED) is 0.548. The zero-order chi connectivity index (χ0) is 14.0. The van der Waals surface area contributed by atoms with Gasteiger partial charge in [-0.3, -0.25) is 4.79 Å². The Balaban J connectivity index is 2.37. The average Bonchev–Trinajstić information content (AvgIpc) is 2.72. The summed E-state index contributed by atoms with van der Waals surface area (Å²) in [6.07, 6.45) is 0.675. The van der Waals surface area contributed by atoms with Crippen LogP contribution in [0.4, 0.5) is 5.69 Å². The van der Waals surface area contributed by atoms with Gasteiger partial charge >= 0.3 is 0 Å². The number of rotatable bonds is 4. The predicted octanol–water partition coefficient (Wildman–Crippen LogP) is 0.387. The molecule has 1 heterocycles. The summed E-state index contributed by atoms with van der Waals surface area (Å²) in [6.45, 7) is 1.93. The van der Waals surface area contributed by atoms with Crippen LogP contribution in [0.1, 0.15) is 23.1 Å². The third-order valence-electron chi connectivity index (χ3n) is 2.52. The van der Waals surface area contributed by atoms with Gasteiger partial charge in [0.1, 0.15) is 0 Å². The fourth-order valence-corrected chi connectivity index (χ4v) is 2.43. The normalized spacial score (nSPS) is 10.6. The maximum Gasteiger partial charge on any atom is 0.249 e. The highest BCUT2D eigenvalue weighted by atomic mass is 32.2. The molecule has 100 valence electrons. The Morgan fingerprint density at radius 1 is 1.42 bits per heavy atom. The first-order chi connectivity index (χ1) is 9.02. The van der Waals surface area contributed by atoms with E-state index < -0.39 is 5.91 Å². The highest BCUT2D eigenvalue weighted by Gasteiger charge is 2.14. The van der Waals surface area contributed by atoms with Crippen molar-refractivity contribution in [3.63, 3.8) is 0 Å². The van der Waals surface area contributed by atoms with E-state index in [1.165, 1.54) is 22.5 Å². The molecule has 0 saturated heterocycles. The molecule has 0 spiro atoms. The van der Waals surface area contributed by atoms with E-state index in [0.29, 0.717) is 33.5 Å². The van der Waals surface area contributed by atoms with Crippen LogP contribution in [0.15, 0.2) is 28.3 Å². The molecule has 1 aromatic carbocycles. The number of nitrogens with two attached hydrogens (primary N) is 3. The number of anilines is 1. The molecule has 0 saturated carbocycles. The molecule has 6 N–H and O–H groups in total. The Kier molecular flexibility index (Phi) is 3.61. The van der Waals surface area contributed by atoms with E-state index in [1.54, 1.807) is 12.1 Å². The number of nitrogens with zero attached hydrogens (tertiary/aromatic N) is 3. The summed E-state index contributed by atoms with van der Waals surface area (Å²) in [4.78, 5) is 12.0. The Labute approximate surface area is 114 Å². The monoisotopic (exact) mass is 278 g/mol. The first-order valence-corrected chi connectivity index (χ1v) is 6.41. The Hall–Kier alpha value is -2.22. The highest BCUT2D eigenvalue weighted by Crippen LogP contribution is 2.29. The van der Waals surface area contributed by atoms with Gasteiger partial charge < -0.3 is 17.3 Å². The maximum absolute atomic E-state index is 11.4. The van der Waals surface area contributed by atoms with Gasteiger partial charge in [0.15, 0.2) is 5.82 Å². The summed E-state index contributed by atoms with van der Waals surface area (Å²) in [5.41, 5.74) is 11.8. The number of nitrogen functional groups attached to an aromatic ring is 2. The number of carbonyl (C=O) groups excluding carboxylic acids is 1. The van der Waals surface area contributed by atoms with Crippen molar-refractivity contribution in [3.05, 3.63) is 29.6 Å². The lowest BCUT2D eigenvalue weighted by Gasteiger charge is -2.07. The van der Waals surface area contributed by atoms with E-state index in [1.807, 2.05) is 6.92 Å². The van der Waals surface area contributed by atoms with E-state index in [2.05, 4.69) is 10.2 Å². The minimum atomic E-state index is -0.548. The number of carbonyl (C=O) groups is 1. The molecule has 0 bridgehead atoms. The van der Waals surface area contributed by atoms with Crippen molar-refractivity contribution in [1.82, 2.24) is 14.9 Å². The van der Waals surface area contributed by atoms with Crippen molar-refractivity contribution in [2.45, 2.75) is 23.4 Å². The van der Waals surface area contributed by atoms with Gasteiger partial charge in [-0.1, -0.05) is 6.92 Å². The van der Waals surface area contributed by atoms with Gasteiger partial charge in [0, 0.05) is 17.0 Å². The van der Waals surface area contributed by atoms with Crippen LogP contribution < -0.4 is 17.3 Å². The van der Waals surface area contributed by atoms with Gasteiger partial charge in [-0.25, -0.2) is 4.68 Å². The molecular weight excluding hydrogens is 264 g/mol. The van der Waals surface area contributed by atoms with E-state index in [9.17, 15) is 4.79 Å². The Bertz CT molecular complexity index is 624. The number of hydrogen-bond donors (Lipinski definition) is 3. The lowest BCUT2D eigenvalue weighted by molar-refractivity contribution is 0.0997. The molecule has 0 aliphatic rings. The largest absolute Gasteiger partial charge is 0.399 e. The Morgan fingerprint density at radius 3 is 2.74 bits per heavy atom. The maximum atomic E-state index is 11.4. The van der Waals surface area contributed by atoms with Crippen molar-refractivity contribution < 1.29 is 4.79 Å². The average molecular weight is 278 g/mol. The molecule has 7 nitrogen and oxygen atoms in total. The molecule has 0 radical (unpaired) electrons. The van der Waals surface area contributed by atoms with Crippen molar-refractivity contribution in [3.8, 4) is 0 Å². The number of hydrogen-bond acceptors (Lipinski definition) is 6. The first kappa shape index (κ1) is 13.2. The van der Waals surface area contributed by atoms with Crippen molar-refractivity contribution in [1.29, 1.82) is 0 Å². The van der Waals surface area contributed by atoms with Crippen LogP contribution in [0.2, 0.25) is 0 Å². The van der Waals surface area contributed by atoms with Gasteiger partial charge in [0.05, 0.1) is 5.56 Å². The van der Waals surface area contributed by atoms with Crippen LogP contribution >= 0.6 is 11.8 Å². The molecule has 0 aliphatic heterocycles. The summed E-state index contributed by atoms with van der Waals surface area (Å²) in [5, 5.41) is 8.41. The molecule has 0 atom stereocenters. The molecule has 8 heteroatoms. The van der Waals surface area contributed by atoms with E-state index >= 15 is 0 Å². The summed E-state index contributed by atoms with van der Waals surface area (Å²) in [6, 6.07) is 4.93. The smallest absolute Gasteiger partial charge is 0.249 e. The number of aryl methyl sites for hydroxylation is 1. The fraction of sp³-hybridized carbons (Fsp3) is 0.182. The van der Waals surface area contributed by atoms with E-state index in [4.69, 9.17) is 17.3 Å². The molecule has 0 fully saturated rings. The topological polar surface area (TPSA) is 126 Å². The van der Waals surface area contributed by atoms with Crippen LogP contribution in [0, 0.1) is 0 Å². The second kappa shape index (κ2) is 5.19. The molecule has 2 aromatic rings. The standard InChI is InChI=1S/C11H14N6OS/c1-2-9-15-16-11(17(9)14)19-8-4-3-6(12)5-7(8)10(13)18/h3-5H,2,12,14H2,1H3,(H2,13,18). The molecule has 0 unspecified atom stereocenters. The van der Waals surface area contributed by atoms with Crippen LogP contribution in [-0.4, -0.2) is 20.8 Å². The lowest BCUT2D eigenvalue weighted by Crippen LogP contribution is -2.15. The van der Waals surface area contributed by atoms with Gasteiger partial charge in [-0.2, -0.15) is 0 Å². The van der Waals surface area contributed by atoms with Gasteiger partial charge in [-0.05, 0) is 30.0 Å². The highest BCUT2D eigenvalue weighted by molar-refractivity contribution is 7.99. The number of amides is 1. The molecule has 2 rings (SSSR count). The minimum Gasteiger partial charge on any atom is -0.399 e. The van der Waals surface area contributed by atoms with E-state index in [0.717, 1.165) is 0 Å². The van der Waals surface area contributed by atoms with Crippen LogP contribution in [0.5, 0.6) is 0 Å². The predicted molar refractivity (Wildman–Crippen MR) is 73.0 cm³/mol. The summed E-state index contributed by atoms with van der Waals surface area (Å²) < 4.78 is 1.39. The summed E-state index contributed by atoms with van der Waals surface area (Å²) in [5.74, 6) is 5.97. The molecular formula is C11H14N6OS. The van der Waals surface area contributed by atoms with Crippen LogP contribution in [0.25, 0.3) is 0 Å².